The van der Waals surface area contributed by atoms with Crippen molar-refractivity contribution in [3.8, 4) is 11.3 Å². The van der Waals surface area contributed by atoms with E-state index in [2.05, 4.69) is 25.0 Å². The molecule has 8 nitrogen and oxygen atoms in total. The minimum atomic E-state index is -3.34. The Morgan fingerprint density at radius 3 is 2.61 bits per heavy atom. The van der Waals surface area contributed by atoms with Gasteiger partial charge in [-0.05, 0) is 37.5 Å². The van der Waals surface area contributed by atoms with Gasteiger partial charge in [0.1, 0.15) is 5.65 Å². The molecule has 0 radical (unpaired) electrons. The largest absolute Gasteiger partial charge is 0.346 e. The number of aromatic nitrogens is 3. The van der Waals surface area contributed by atoms with Crippen molar-refractivity contribution in [1.29, 1.82) is 0 Å². The average molecular weight is 399 g/mol. The van der Waals surface area contributed by atoms with Gasteiger partial charge in [-0.3, -0.25) is 14.8 Å². The minimum absolute atomic E-state index is 0.0572. The van der Waals surface area contributed by atoms with E-state index in [9.17, 15) is 13.2 Å². The van der Waals surface area contributed by atoms with Gasteiger partial charge in [-0.1, -0.05) is 19.1 Å². The van der Waals surface area contributed by atoms with Gasteiger partial charge in [-0.15, -0.1) is 0 Å². The Kier molecular flexibility index (Phi) is 4.76. The molecule has 1 aliphatic rings. The van der Waals surface area contributed by atoms with Gasteiger partial charge in [-0.2, -0.15) is 4.98 Å². The maximum absolute atomic E-state index is 12.1. The number of amides is 1. The van der Waals surface area contributed by atoms with Crippen LogP contribution >= 0.6 is 0 Å². The van der Waals surface area contributed by atoms with E-state index in [1.165, 1.54) is 0 Å². The molecule has 0 spiro atoms. The highest BCUT2D eigenvalue weighted by molar-refractivity contribution is 7.92. The molecule has 1 aliphatic carbocycles. The van der Waals surface area contributed by atoms with Crippen LogP contribution in [0.5, 0.6) is 0 Å². The van der Waals surface area contributed by atoms with Crippen LogP contribution in [0.25, 0.3) is 22.3 Å². The number of fused-ring (bicyclic) bond motifs is 1. The predicted octanol–water partition coefficient (Wildman–Crippen LogP) is 3.13. The van der Waals surface area contributed by atoms with Crippen molar-refractivity contribution in [2.75, 3.05) is 15.8 Å². The van der Waals surface area contributed by atoms with Gasteiger partial charge in [0.05, 0.1) is 11.4 Å². The van der Waals surface area contributed by atoms with E-state index in [0.717, 1.165) is 23.8 Å². The third-order valence-electron chi connectivity index (χ3n) is 4.50. The Morgan fingerprint density at radius 2 is 1.93 bits per heavy atom. The molecular weight excluding hydrogens is 378 g/mol. The summed E-state index contributed by atoms with van der Waals surface area (Å²) in [5.41, 5.74) is 2.59. The quantitative estimate of drug-likeness (QED) is 0.564. The molecule has 1 saturated carbocycles. The van der Waals surface area contributed by atoms with Gasteiger partial charge in [-0.25, -0.2) is 13.4 Å². The molecule has 28 heavy (non-hydrogen) atoms. The first kappa shape index (κ1) is 18.4. The number of carbonyl (C=O) groups excluding carboxylic acids is 1. The molecule has 0 saturated heterocycles. The fraction of sp³-hybridized carbons (Fsp3) is 0.316. The first-order chi connectivity index (χ1) is 13.4. The molecule has 2 heterocycles. The summed E-state index contributed by atoms with van der Waals surface area (Å²) in [6.45, 7) is 1.82. The highest BCUT2D eigenvalue weighted by Gasteiger charge is 2.30. The molecule has 4 rings (SSSR count). The lowest BCUT2D eigenvalue weighted by atomic mass is 10.1. The number of rotatable bonds is 7. The molecule has 1 fully saturated rings. The fourth-order valence-electron chi connectivity index (χ4n) is 2.97. The molecule has 0 atom stereocenters. The van der Waals surface area contributed by atoms with E-state index in [1.54, 1.807) is 30.5 Å². The van der Waals surface area contributed by atoms with Crippen LogP contribution in [-0.2, 0) is 14.8 Å². The van der Waals surface area contributed by atoms with Gasteiger partial charge in [0.25, 0.3) is 0 Å². The summed E-state index contributed by atoms with van der Waals surface area (Å²) in [5, 5.41) is 3.60. The topological polar surface area (TPSA) is 117 Å². The van der Waals surface area contributed by atoms with Gasteiger partial charge < -0.3 is 4.98 Å². The van der Waals surface area contributed by atoms with Crippen LogP contribution < -0.4 is 10.0 Å². The second-order valence-electron chi connectivity index (χ2n) is 6.90. The normalized spacial score (nSPS) is 14.2. The lowest BCUT2D eigenvalue weighted by molar-refractivity contribution is -0.117. The number of benzene rings is 1. The maximum atomic E-state index is 12.1. The molecule has 1 aromatic carbocycles. The number of anilines is 2. The standard InChI is InChI=1S/C19H21N5O3S/c1-2-11-28(26,27)24-14-7-5-12(6-8-14)16-15-9-10-20-17(15)22-19(21-16)23-18(25)13-3-4-13/h5-10,13,24H,2-4,11H2,1H3,(H2,20,21,22,23,25). The fourth-order valence-corrected chi connectivity index (χ4v) is 4.11. The van der Waals surface area contributed by atoms with Crippen LogP contribution in [0.2, 0.25) is 0 Å². The maximum Gasteiger partial charge on any atom is 0.232 e. The van der Waals surface area contributed by atoms with Gasteiger partial charge in [0, 0.05) is 28.8 Å². The van der Waals surface area contributed by atoms with Crippen LogP contribution in [-0.4, -0.2) is 35.0 Å². The van der Waals surface area contributed by atoms with E-state index < -0.39 is 10.0 Å². The van der Waals surface area contributed by atoms with Crippen molar-refractivity contribution < 1.29 is 13.2 Å². The number of hydrogen-bond donors (Lipinski definition) is 3. The molecule has 2 aromatic heterocycles. The van der Waals surface area contributed by atoms with Crippen LogP contribution in [0.4, 0.5) is 11.6 Å². The molecule has 0 aliphatic heterocycles. The number of carbonyl (C=O) groups is 1. The van der Waals surface area contributed by atoms with E-state index in [1.807, 2.05) is 13.0 Å². The monoisotopic (exact) mass is 399 g/mol. The number of H-pyrrole nitrogens is 1. The minimum Gasteiger partial charge on any atom is -0.346 e. The highest BCUT2D eigenvalue weighted by atomic mass is 32.2. The Bertz CT molecular complexity index is 1120. The third-order valence-corrected chi connectivity index (χ3v) is 6.00. The Morgan fingerprint density at radius 1 is 1.18 bits per heavy atom. The number of sulfonamides is 1. The van der Waals surface area contributed by atoms with Crippen molar-refractivity contribution in [3.63, 3.8) is 0 Å². The Hall–Kier alpha value is -2.94. The average Bonchev–Trinajstić information content (AvgIpc) is 3.40. The first-order valence-corrected chi connectivity index (χ1v) is 10.9. The van der Waals surface area contributed by atoms with E-state index in [-0.39, 0.29) is 23.5 Å². The van der Waals surface area contributed by atoms with Crippen LogP contribution in [0.15, 0.2) is 36.5 Å². The van der Waals surface area contributed by atoms with Crippen molar-refractivity contribution in [1.82, 2.24) is 15.0 Å². The SMILES string of the molecule is CCCS(=O)(=O)Nc1ccc(-c2nc(NC(=O)C3CC3)nc3[nH]ccc23)cc1. The summed E-state index contributed by atoms with van der Waals surface area (Å²) in [7, 11) is -3.34. The zero-order chi connectivity index (χ0) is 19.7. The summed E-state index contributed by atoms with van der Waals surface area (Å²) in [5.74, 6) is 0.336. The number of nitrogens with one attached hydrogen (secondary N) is 3. The van der Waals surface area contributed by atoms with Crippen molar-refractivity contribution in [2.45, 2.75) is 26.2 Å². The summed E-state index contributed by atoms with van der Waals surface area (Å²) >= 11 is 0. The third kappa shape index (κ3) is 3.99. The van der Waals surface area contributed by atoms with Crippen LogP contribution in [0, 0.1) is 5.92 Å². The van der Waals surface area contributed by atoms with Crippen molar-refractivity contribution >= 4 is 38.6 Å². The van der Waals surface area contributed by atoms with Crippen LogP contribution in [0.3, 0.4) is 0 Å². The number of hydrogen-bond acceptors (Lipinski definition) is 5. The summed E-state index contributed by atoms with van der Waals surface area (Å²) in [4.78, 5) is 24.0. The zero-order valence-electron chi connectivity index (χ0n) is 15.4. The second-order valence-corrected chi connectivity index (χ2v) is 8.74. The summed E-state index contributed by atoms with van der Waals surface area (Å²) in [6, 6.07) is 8.86. The van der Waals surface area contributed by atoms with Crippen molar-refractivity contribution in [3.05, 3.63) is 36.5 Å². The zero-order valence-corrected chi connectivity index (χ0v) is 16.2. The van der Waals surface area contributed by atoms with Gasteiger partial charge in [0.2, 0.25) is 21.9 Å². The van der Waals surface area contributed by atoms with E-state index in [0.29, 0.717) is 23.4 Å². The highest BCUT2D eigenvalue weighted by Crippen LogP contribution is 2.31. The summed E-state index contributed by atoms with van der Waals surface area (Å²) in [6.07, 6.45) is 4.12. The molecule has 9 heteroatoms. The lowest BCUT2D eigenvalue weighted by Crippen LogP contribution is -2.16. The van der Waals surface area contributed by atoms with E-state index >= 15 is 0 Å². The Labute approximate surface area is 162 Å². The predicted molar refractivity (Wildman–Crippen MR) is 108 cm³/mol. The molecule has 3 aromatic rings. The summed E-state index contributed by atoms with van der Waals surface area (Å²) < 4.78 is 26.4. The molecule has 3 N–H and O–H groups in total. The second kappa shape index (κ2) is 7.23. The Balaban J connectivity index is 1.64. The molecular formula is C19H21N5O3S. The van der Waals surface area contributed by atoms with Gasteiger partial charge >= 0.3 is 0 Å². The number of nitrogens with zero attached hydrogens (tertiary/aromatic N) is 2. The van der Waals surface area contributed by atoms with Crippen molar-refractivity contribution in [2.24, 2.45) is 5.92 Å². The lowest BCUT2D eigenvalue weighted by Gasteiger charge is -2.10. The molecule has 0 unspecified atom stereocenters. The van der Waals surface area contributed by atoms with E-state index in [4.69, 9.17) is 0 Å². The van der Waals surface area contributed by atoms with Crippen LogP contribution in [0.1, 0.15) is 26.2 Å². The molecule has 1 amide bonds. The molecule has 146 valence electrons. The molecule has 0 bridgehead atoms. The smallest absolute Gasteiger partial charge is 0.232 e. The number of aromatic amines is 1. The van der Waals surface area contributed by atoms with Gasteiger partial charge in [0.15, 0.2) is 0 Å². The first-order valence-electron chi connectivity index (χ1n) is 9.22.